The lowest BCUT2D eigenvalue weighted by Crippen LogP contribution is -2.32. The van der Waals surface area contributed by atoms with Crippen LogP contribution >= 0.6 is 0 Å². The van der Waals surface area contributed by atoms with Gasteiger partial charge in [0.2, 0.25) is 0 Å². The summed E-state index contributed by atoms with van der Waals surface area (Å²) in [6.45, 7) is 3.42. The van der Waals surface area contributed by atoms with Crippen molar-refractivity contribution in [2.24, 2.45) is 0 Å². The first-order chi connectivity index (χ1) is 11.1. The second kappa shape index (κ2) is 8.75. The molecular formula is C19H23F2NO. The number of aliphatic hydroxyl groups excluding tert-OH is 1. The van der Waals surface area contributed by atoms with Gasteiger partial charge in [0.25, 0.3) is 0 Å². The first kappa shape index (κ1) is 17.6. The van der Waals surface area contributed by atoms with Gasteiger partial charge in [-0.1, -0.05) is 49.7 Å². The first-order valence-corrected chi connectivity index (χ1v) is 7.96. The van der Waals surface area contributed by atoms with Crippen molar-refractivity contribution < 1.29 is 13.9 Å². The molecule has 2 rings (SSSR count). The van der Waals surface area contributed by atoms with Crippen LogP contribution in [-0.2, 0) is 13.1 Å². The Morgan fingerprint density at radius 3 is 2.43 bits per heavy atom. The van der Waals surface area contributed by atoms with Gasteiger partial charge in [-0.15, -0.1) is 0 Å². The molecule has 0 aliphatic carbocycles. The Kier molecular flexibility index (Phi) is 6.68. The molecule has 1 atom stereocenters. The maximum atomic E-state index is 13.9. The van der Waals surface area contributed by atoms with Crippen LogP contribution < -0.4 is 0 Å². The zero-order chi connectivity index (χ0) is 16.7. The predicted octanol–water partition coefficient (Wildman–Crippen LogP) is 4.13. The smallest absolute Gasteiger partial charge is 0.130 e. The van der Waals surface area contributed by atoms with Gasteiger partial charge < -0.3 is 5.11 Å². The molecule has 0 unspecified atom stereocenters. The average Bonchev–Trinajstić information content (AvgIpc) is 2.51. The molecule has 0 spiro atoms. The standard InChI is InChI=1S/C19H23F2NO/c1-2-6-18(23)14-22(12-15-7-4-3-5-8-15)13-16-9-10-17(20)11-19(16)21/h3-5,7-11,18,23H,2,6,12-14H2,1H3/t18-/m1/s1. The largest absolute Gasteiger partial charge is 0.392 e. The first-order valence-electron chi connectivity index (χ1n) is 7.96. The predicted molar refractivity (Wildman–Crippen MR) is 87.8 cm³/mol. The van der Waals surface area contributed by atoms with Crippen LogP contribution in [0, 0.1) is 11.6 Å². The quantitative estimate of drug-likeness (QED) is 0.791. The molecule has 2 aromatic rings. The van der Waals surface area contributed by atoms with E-state index in [9.17, 15) is 13.9 Å². The van der Waals surface area contributed by atoms with Crippen LogP contribution in [0.2, 0.25) is 0 Å². The number of hydrogen-bond acceptors (Lipinski definition) is 2. The molecule has 0 heterocycles. The molecule has 0 aliphatic heterocycles. The van der Waals surface area contributed by atoms with E-state index in [4.69, 9.17) is 0 Å². The molecular weight excluding hydrogens is 296 g/mol. The van der Waals surface area contributed by atoms with Gasteiger partial charge in [0, 0.05) is 31.3 Å². The van der Waals surface area contributed by atoms with E-state index < -0.39 is 17.7 Å². The number of aliphatic hydroxyl groups is 1. The summed E-state index contributed by atoms with van der Waals surface area (Å²) in [6.07, 6.45) is 1.15. The highest BCUT2D eigenvalue weighted by Gasteiger charge is 2.14. The molecule has 0 aliphatic rings. The molecule has 2 aromatic carbocycles. The van der Waals surface area contributed by atoms with Gasteiger partial charge in [-0.25, -0.2) is 8.78 Å². The van der Waals surface area contributed by atoms with Crippen LogP contribution in [-0.4, -0.2) is 22.7 Å². The van der Waals surface area contributed by atoms with Crippen LogP contribution in [0.1, 0.15) is 30.9 Å². The molecule has 0 fully saturated rings. The normalized spacial score (nSPS) is 12.6. The minimum absolute atomic E-state index is 0.335. The monoisotopic (exact) mass is 319 g/mol. The van der Waals surface area contributed by atoms with Crippen molar-refractivity contribution in [3.05, 3.63) is 71.3 Å². The summed E-state index contributed by atoms with van der Waals surface area (Å²) < 4.78 is 27.0. The fraction of sp³-hybridized carbons (Fsp3) is 0.368. The zero-order valence-corrected chi connectivity index (χ0v) is 13.4. The van der Waals surface area contributed by atoms with Crippen LogP contribution in [0.25, 0.3) is 0 Å². The van der Waals surface area contributed by atoms with Gasteiger partial charge in [0.15, 0.2) is 0 Å². The molecule has 1 N–H and O–H groups in total. The van der Waals surface area contributed by atoms with E-state index in [1.54, 1.807) is 0 Å². The Morgan fingerprint density at radius 2 is 1.78 bits per heavy atom. The van der Waals surface area contributed by atoms with Gasteiger partial charge >= 0.3 is 0 Å². The molecule has 0 radical (unpaired) electrons. The lowest BCUT2D eigenvalue weighted by atomic mass is 10.1. The van der Waals surface area contributed by atoms with Crippen molar-refractivity contribution >= 4 is 0 Å². The lowest BCUT2D eigenvalue weighted by Gasteiger charge is -2.25. The van der Waals surface area contributed by atoms with Crippen LogP contribution in [0.5, 0.6) is 0 Å². The number of nitrogens with zero attached hydrogens (tertiary/aromatic N) is 1. The zero-order valence-electron chi connectivity index (χ0n) is 13.4. The van der Waals surface area contributed by atoms with Crippen molar-refractivity contribution in [3.8, 4) is 0 Å². The summed E-state index contributed by atoms with van der Waals surface area (Å²) in [4.78, 5) is 1.99. The van der Waals surface area contributed by atoms with Crippen molar-refractivity contribution in [1.29, 1.82) is 0 Å². The summed E-state index contributed by atoms with van der Waals surface area (Å²) >= 11 is 0. The van der Waals surface area contributed by atoms with E-state index in [-0.39, 0.29) is 0 Å². The van der Waals surface area contributed by atoms with E-state index >= 15 is 0 Å². The Morgan fingerprint density at radius 1 is 1.04 bits per heavy atom. The van der Waals surface area contributed by atoms with Crippen LogP contribution in [0.3, 0.4) is 0 Å². The molecule has 4 heteroatoms. The molecule has 124 valence electrons. The Balaban J connectivity index is 2.11. The SMILES string of the molecule is CCC[C@@H](O)CN(Cc1ccccc1)Cc1ccc(F)cc1F. The Bertz CT molecular complexity index is 604. The van der Waals surface area contributed by atoms with Crippen LogP contribution in [0.4, 0.5) is 8.78 Å². The van der Waals surface area contributed by atoms with Gasteiger partial charge in [0.1, 0.15) is 11.6 Å². The third kappa shape index (κ3) is 5.73. The average molecular weight is 319 g/mol. The molecule has 0 saturated carbocycles. The number of benzene rings is 2. The van der Waals surface area contributed by atoms with E-state index in [2.05, 4.69) is 0 Å². The second-order valence-electron chi connectivity index (χ2n) is 5.83. The van der Waals surface area contributed by atoms with Gasteiger partial charge in [-0.05, 0) is 18.1 Å². The third-order valence-electron chi connectivity index (χ3n) is 3.75. The summed E-state index contributed by atoms with van der Waals surface area (Å²) in [6, 6.07) is 13.5. The number of hydrogen-bond donors (Lipinski definition) is 1. The Hall–Kier alpha value is -1.78. The van der Waals surface area contributed by atoms with Crippen molar-refractivity contribution in [3.63, 3.8) is 0 Å². The maximum Gasteiger partial charge on any atom is 0.130 e. The van der Waals surface area contributed by atoms with E-state index in [1.165, 1.54) is 12.1 Å². The molecule has 23 heavy (non-hydrogen) atoms. The van der Waals surface area contributed by atoms with Crippen molar-refractivity contribution in [2.75, 3.05) is 6.54 Å². The fourth-order valence-corrected chi connectivity index (χ4v) is 2.64. The summed E-state index contributed by atoms with van der Waals surface area (Å²) in [5.41, 5.74) is 1.53. The molecule has 0 amide bonds. The highest BCUT2D eigenvalue weighted by atomic mass is 19.1. The van der Waals surface area contributed by atoms with Crippen LogP contribution in [0.15, 0.2) is 48.5 Å². The lowest BCUT2D eigenvalue weighted by molar-refractivity contribution is 0.0964. The topological polar surface area (TPSA) is 23.5 Å². The van der Waals surface area contributed by atoms with Crippen molar-refractivity contribution in [2.45, 2.75) is 39.0 Å². The molecule has 0 saturated heterocycles. The van der Waals surface area contributed by atoms with Gasteiger partial charge in [-0.2, -0.15) is 0 Å². The molecule has 0 bridgehead atoms. The summed E-state index contributed by atoms with van der Waals surface area (Å²) in [7, 11) is 0. The fourth-order valence-electron chi connectivity index (χ4n) is 2.64. The van der Waals surface area contributed by atoms with Gasteiger partial charge in [-0.3, -0.25) is 4.90 Å². The number of halogens is 2. The molecule has 0 aromatic heterocycles. The van der Waals surface area contributed by atoms with Gasteiger partial charge in [0.05, 0.1) is 6.10 Å². The maximum absolute atomic E-state index is 13.9. The Labute approximate surface area is 136 Å². The second-order valence-corrected chi connectivity index (χ2v) is 5.83. The van der Waals surface area contributed by atoms with E-state index in [1.807, 2.05) is 42.2 Å². The minimum atomic E-state index is -0.577. The highest BCUT2D eigenvalue weighted by Crippen LogP contribution is 2.15. The summed E-state index contributed by atoms with van der Waals surface area (Å²) in [5, 5.41) is 10.1. The van der Waals surface area contributed by atoms with Crippen molar-refractivity contribution in [1.82, 2.24) is 4.90 Å². The minimum Gasteiger partial charge on any atom is -0.392 e. The third-order valence-corrected chi connectivity index (χ3v) is 3.75. The van der Waals surface area contributed by atoms with E-state index in [0.29, 0.717) is 31.6 Å². The molecule has 2 nitrogen and oxygen atoms in total. The van der Waals surface area contributed by atoms with E-state index in [0.717, 1.165) is 18.1 Å². The summed E-state index contributed by atoms with van der Waals surface area (Å²) in [5.74, 6) is -1.13. The number of rotatable bonds is 8. The highest BCUT2D eigenvalue weighted by molar-refractivity contribution is 5.19.